The maximum absolute atomic E-state index is 13.7. The number of thiocarbonyl (C=S) groups is 1. The van der Waals surface area contributed by atoms with Crippen molar-refractivity contribution in [2.45, 2.75) is 34.6 Å². The zero-order valence-corrected chi connectivity index (χ0v) is 23.1. The molecule has 0 radical (unpaired) electrons. The van der Waals surface area contributed by atoms with Crippen LogP contribution in [0.15, 0.2) is 29.8 Å². The number of aromatic nitrogens is 1. The molecule has 2 amide bonds. The molecule has 0 unspecified atom stereocenters. The molecule has 4 rings (SSSR count). The van der Waals surface area contributed by atoms with Crippen LogP contribution in [-0.4, -0.2) is 34.1 Å². The van der Waals surface area contributed by atoms with Crippen molar-refractivity contribution >= 4 is 69.8 Å². The lowest BCUT2D eigenvalue weighted by atomic mass is 10.1. The number of carbonyl (C=O) groups excluding carboxylic acids is 3. The summed E-state index contributed by atoms with van der Waals surface area (Å²) in [5.41, 5.74) is 3.54. The van der Waals surface area contributed by atoms with Gasteiger partial charge in [-0.25, -0.2) is 9.18 Å². The van der Waals surface area contributed by atoms with Gasteiger partial charge in [0, 0.05) is 16.3 Å². The van der Waals surface area contributed by atoms with Crippen molar-refractivity contribution < 1.29 is 23.5 Å². The Balaban J connectivity index is 1.80. The largest absolute Gasteiger partial charge is 0.462 e. The number of esters is 1. The van der Waals surface area contributed by atoms with E-state index in [1.165, 1.54) is 29.5 Å². The Morgan fingerprint density at radius 1 is 1.22 bits per heavy atom. The zero-order valence-electron chi connectivity index (χ0n) is 20.7. The van der Waals surface area contributed by atoms with Crippen molar-refractivity contribution in [3.05, 3.63) is 73.6 Å². The van der Waals surface area contributed by atoms with Gasteiger partial charge in [-0.05, 0) is 88.3 Å². The number of aryl methyl sites for hydroxylation is 2. The number of hydrogen-bond donors (Lipinski definition) is 1. The number of carbonyl (C=O) groups is 3. The molecule has 1 fully saturated rings. The standard InChI is InChI=1S/C26H23ClFN3O4S2/c1-6-35-25(34)21-13(3)15(5)37-24(21)30-12(2)9-16(14(30)4)10-18-22(32)29-26(36)31(23(18)33)17-7-8-20(28)19(27)11-17/h7-11H,6H2,1-5H3,(H,29,32,36)/b18-10-. The third-order valence-corrected chi connectivity index (χ3v) is 7.85. The molecule has 1 aliphatic rings. The molecule has 1 aromatic carbocycles. The Kier molecular flexibility index (Phi) is 7.36. The van der Waals surface area contributed by atoms with E-state index >= 15 is 0 Å². The number of anilines is 1. The summed E-state index contributed by atoms with van der Waals surface area (Å²) in [4.78, 5) is 41.0. The van der Waals surface area contributed by atoms with Gasteiger partial charge < -0.3 is 9.30 Å². The minimum Gasteiger partial charge on any atom is -0.462 e. The molecule has 3 heterocycles. The molecule has 3 aromatic rings. The van der Waals surface area contributed by atoms with Crippen molar-refractivity contribution in [1.82, 2.24) is 9.88 Å². The number of thiophene rings is 1. The van der Waals surface area contributed by atoms with Crippen molar-refractivity contribution in [3.63, 3.8) is 0 Å². The van der Waals surface area contributed by atoms with Crippen LogP contribution in [0.2, 0.25) is 5.02 Å². The van der Waals surface area contributed by atoms with E-state index in [9.17, 15) is 18.8 Å². The van der Waals surface area contributed by atoms with Crippen LogP contribution < -0.4 is 10.2 Å². The highest BCUT2D eigenvalue weighted by Gasteiger charge is 2.35. The van der Waals surface area contributed by atoms with Gasteiger partial charge in [0.15, 0.2) is 5.11 Å². The van der Waals surface area contributed by atoms with Crippen molar-refractivity contribution in [1.29, 1.82) is 0 Å². The number of benzene rings is 1. The van der Waals surface area contributed by atoms with E-state index in [1.54, 1.807) is 6.92 Å². The summed E-state index contributed by atoms with van der Waals surface area (Å²) in [6.07, 6.45) is 1.48. The van der Waals surface area contributed by atoms with Crippen LogP contribution in [-0.2, 0) is 14.3 Å². The molecule has 192 valence electrons. The normalized spacial score (nSPS) is 14.9. The zero-order chi connectivity index (χ0) is 27.2. The number of ether oxygens (including phenoxy) is 1. The smallest absolute Gasteiger partial charge is 0.341 e. The minimum absolute atomic E-state index is 0.135. The second kappa shape index (κ2) is 10.2. The van der Waals surface area contributed by atoms with Crippen molar-refractivity contribution in [2.24, 2.45) is 0 Å². The van der Waals surface area contributed by atoms with Crippen LogP contribution in [0.5, 0.6) is 0 Å². The van der Waals surface area contributed by atoms with Crippen LogP contribution in [0.3, 0.4) is 0 Å². The number of amides is 2. The lowest BCUT2D eigenvalue weighted by Crippen LogP contribution is -2.54. The Hall–Kier alpha value is -3.34. The molecule has 37 heavy (non-hydrogen) atoms. The number of halogens is 2. The fourth-order valence-corrected chi connectivity index (χ4v) is 5.84. The third-order valence-electron chi connectivity index (χ3n) is 6.08. The highest BCUT2D eigenvalue weighted by atomic mass is 35.5. The maximum atomic E-state index is 13.7. The highest BCUT2D eigenvalue weighted by Crippen LogP contribution is 2.35. The summed E-state index contributed by atoms with van der Waals surface area (Å²) < 4.78 is 20.9. The maximum Gasteiger partial charge on any atom is 0.341 e. The molecule has 7 nitrogen and oxygen atoms in total. The monoisotopic (exact) mass is 559 g/mol. The molecule has 0 spiro atoms. The van der Waals surface area contributed by atoms with Crippen LogP contribution >= 0.6 is 35.2 Å². The van der Waals surface area contributed by atoms with E-state index in [4.69, 9.17) is 28.6 Å². The van der Waals surface area contributed by atoms with Crippen molar-refractivity contribution in [3.8, 4) is 5.00 Å². The lowest BCUT2D eigenvalue weighted by molar-refractivity contribution is -0.122. The Labute approximate surface area is 227 Å². The first-order valence-electron chi connectivity index (χ1n) is 11.3. The number of rotatable bonds is 5. The quantitative estimate of drug-likeness (QED) is 0.191. The van der Waals surface area contributed by atoms with Crippen molar-refractivity contribution in [2.75, 3.05) is 11.5 Å². The van der Waals surface area contributed by atoms with Gasteiger partial charge >= 0.3 is 5.97 Å². The first-order valence-corrected chi connectivity index (χ1v) is 12.9. The van der Waals surface area contributed by atoms with Gasteiger partial charge in [0.2, 0.25) is 0 Å². The van der Waals surface area contributed by atoms with E-state index in [1.807, 2.05) is 38.3 Å². The lowest BCUT2D eigenvalue weighted by Gasteiger charge is -2.29. The fraction of sp³-hybridized carbons (Fsp3) is 0.231. The summed E-state index contributed by atoms with van der Waals surface area (Å²) >= 11 is 12.6. The van der Waals surface area contributed by atoms with Gasteiger partial charge in [-0.15, -0.1) is 11.3 Å². The molecule has 11 heteroatoms. The predicted molar refractivity (Wildman–Crippen MR) is 146 cm³/mol. The molecule has 2 aromatic heterocycles. The molecule has 0 saturated carbocycles. The van der Waals surface area contributed by atoms with Gasteiger partial charge in [-0.2, -0.15) is 0 Å². The van der Waals surface area contributed by atoms with E-state index in [0.717, 1.165) is 32.8 Å². The summed E-state index contributed by atoms with van der Waals surface area (Å²) in [6, 6.07) is 5.56. The van der Waals surface area contributed by atoms with Gasteiger partial charge in [0.1, 0.15) is 16.4 Å². The first kappa shape index (κ1) is 26.7. The SMILES string of the molecule is CCOC(=O)c1c(-n2c(C)cc(/C=C3/C(=O)NC(=S)N(c4ccc(F)c(Cl)c4)C3=O)c2C)sc(C)c1C. The van der Waals surface area contributed by atoms with Gasteiger partial charge in [-0.3, -0.25) is 19.8 Å². The van der Waals surface area contributed by atoms with Gasteiger partial charge in [0.05, 0.1) is 22.9 Å². The summed E-state index contributed by atoms with van der Waals surface area (Å²) in [6.45, 7) is 9.54. The number of nitrogens with one attached hydrogen (secondary N) is 1. The van der Waals surface area contributed by atoms with Crippen LogP contribution in [0, 0.1) is 33.5 Å². The van der Waals surface area contributed by atoms with Crippen LogP contribution in [0.25, 0.3) is 11.1 Å². The average Bonchev–Trinajstić information content (AvgIpc) is 3.27. The molecule has 1 aliphatic heterocycles. The number of nitrogens with zero attached hydrogens (tertiary/aromatic N) is 2. The van der Waals surface area contributed by atoms with Gasteiger partial charge in [-0.1, -0.05) is 11.6 Å². The fourth-order valence-electron chi connectivity index (χ4n) is 4.13. The van der Waals surface area contributed by atoms with E-state index in [0.29, 0.717) is 16.1 Å². The van der Waals surface area contributed by atoms with Crippen LogP contribution in [0.4, 0.5) is 10.1 Å². The molecule has 0 aliphatic carbocycles. The molecule has 1 N–H and O–H groups in total. The Bertz CT molecular complexity index is 1520. The van der Waals surface area contributed by atoms with Crippen LogP contribution in [0.1, 0.15) is 44.7 Å². The third kappa shape index (κ3) is 4.72. The van der Waals surface area contributed by atoms with Gasteiger partial charge in [0.25, 0.3) is 11.8 Å². The van der Waals surface area contributed by atoms with E-state index in [-0.39, 0.29) is 28.0 Å². The summed E-state index contributed by atoms with van der Waals surface area (Å²) in [5.74, 6) is -2.37. The topological polar surface area (TPSA) is 80.6 Å². The summed E-state index contributed by atoms with van der Waals surface area (Å²) in [7, 11) is 0. The summed E-state index contributed by atoms with van der Waals surface area (Å²) in [5, 5.41) is 2.90. The molecular formula is C26H23ClFN3O4S2. The predicted octanol–water partition coefficient (Wildman–Crippen LogP) is 5.57. The Morgan fingerprint density at radius 3 is 2.57 bits per heavy atom. The average molecular weight is 560 g/mol. The highest BCUT2D eigenvalue weighted by molar-refractivity contribution is 7.80. The van der Waals surface area contributed by atoms with E-state index in [2.05, 4.69) is 5.32 Å². The first-order chi connectivity index (χ1) is 17.5. The molecular weight excluding hydrogens is 537 g/mol. The number of hydrogen-bond acceptors (Lipinski definition) is 6. The molecule has 0 atom stereocenters. The second-order valence-electron chi connectivity index (χ2n) is 8.40. The minimum atomic E-state index is -0.670. The second-order valence-corrected chi connectivity index (χ2v) is 10.4. The molecule has 0 bridgehead atoms. The Morgan fingerprint density at radius 2 is 1.92 bits per heavy atom. The molecule has 1 saturated heterocycles. The van der Waals surface area contributed by atoms with E-state index < -0.39 is 23.6 Å².